The predicted octanol–water partition coefficient (Wildman–Crippen LogP) is 3.92. The summed E-state index contributed by atoms with van der Waals surface area (Å²) < 4.78 is 10.1. The fourth-order valence-electron chi connectivity index (χ4n) is 3.06. The number of methoxy groups -OCH3 is 1. The van der Waals surface area contributed by atoms with E-state index in [0.717, 1.165) is 11.1 Å². The lowest BCUT2D eigenvalue weighted by atomic mass is 10.0. The van der Waals surface area contributed by atoms with E-state index in [1.54, 1.807) is 0 Å². The molecule has 0 saturated carbocycles. The van der Waals surface area contributed by atoms with Gasteiger partial charge >= 0.3 is 12.1 Å². The summed E-state index contributed by atoms with van der Waals surface area (Å²) in [5.74, 6) is 0.195. The van der Waals surface area contributed by atoms with Crippen LogP contribution >= 0.6 is 11.8 Å². The molecule has 2 N–H and O–H groups in total. The number of amides is 2. The Balaban J connectivity index is 2.01. The van der Waals surface area contributed by atoms with E-state index in [9.17, 15) is 14.4 Å². The van der Waals surface area contributed by atoms with Crippen molar-refractivity contribution in [3.05, 3.63) is 71.8 Å². The lowest BCUT2D eigenvalue weighted by Gasteiger charge is -2.23. The molecule has 0 heterocycles. The van der Waals surface area contributed by atoms with Gasteiger partial charge in [-0.1, -0.05) is 74.5 Å². The molecule has 0 unspecified atom stereocenters. The lowest BCUT2D eigenvalue weighted by Crippen LogP contribution is -2.53. The normalized spacial score (nSPS) is 12.5. The minimum Gasteiger partial charge on any atom is -0.467 e. The molecule has 0 aromatic heterocycles. The first-order chi connectivity index (χ1) is 15.9. The second-order valence-corrected chi connectivity index (χ2v) is 9.00. The van der Waals surface area contributed by atoms with E-state index >= 15 is 0 Å². The molecule has 0 bridgehead atoms. The highest BCUT2D eigenvalue weighted by molar-refractivity contribution is 7.98. The van der Waals surface area contributed by atoms with Gasteiger partial charge in [0.2, 0.25) is 5.91 Å². The van der Waals surface area contributed by atoms with Gasteiger partial charge in [0.1, 0.15) is 18.7 Å². The number of benzene rings is 2. The average Bonchev–Trinajstić information content (AvgIpc) is 2.82. The number of thioether (sulfide) groups is 1. The first kappa shape index (κ1) is 26.3. The first-order valence-corrected chi connectivity index (χ1v) is 12.0. The van der Waals surface area contributed by atoms with Crippen molar-refractivity contribution in [1.29, 1.82) is 0 Å². The topological polar surface area (TPSA) is 93.7 Å². The van der Waals surface area contributed by atoms with Crippen molar-refractivity contribution in [2.24, 2.45) is 5.92 Å². The summed E-state index contributed by atoms with van der Waals surface area (Å²) in [6, 6.07) is 17.5. The highest BCUT2D eigenvalue weighted by Gasteiger charge is 2.28. The first-order valence-electron chi connectivity index (χ1n) is 10.9. The Morgan fingerprint density at radius 1 is 0.879 bits per heavy atom. The highest BCUT2D eigenvalue weighted by atomic mass is 32.2. The molecule has 0 fully saturated rings. The molecule has 2 rings (SSSR count). The number of rotatable bonds is 12. The van der Waals surface area contributed by atoms with E-state index in [4.69, 9.17) is 9.47 Å². The van der Waals surface area contributed by atoms with Crippen LogP contribution in [0.25, 0.3) is 0 Å². The molecule has 0 aliphatic rings. The Kier molecular flexibility index (Phi) is 11.3. The molecule has 0 aliphatic carbocycles. The Morgan fingerprint density at radius 3 is 2.06 bits per heavy atom. The third kappa shape index (κ3) is 9.99. The van der Waals surface area contributed by atoms with E-state index in [1.807, 2.05) is 74.5 Å². The van der Waals surface area contributed by atoms with Crippen LogP contribution in [0.15, 0.2) is 60.7 Å². The Morgan fingerprint density at radius 2 is 1.48 bits per heavy atom. The Bertz CT molecular complexity index is 877. The fourth-order valence-corrected chi connectivity index (χ4v) is 4.08. The van der Waals surface area contributed by atoms with Crippen molar-refractivity contribution in [2.75, 3.05) is 12.9 Å². The molecule has 2 aromatic rings. The number of hydrogen-bond donors (Lipinski definition) is 2. The number of esters is 1. The van der Waals surface area contributed by atoms with Crippen LogP contribution in [0.2, 0.25) is 0 Å². The van der Waals surface area contributed by atoms with E-state index in [-0.39, 0.29) is 12.5 Å². The van der Waals surface area contributed by atoms with Gasteiger partial charge in [0, 0.05) is 11.5 Å². The standard InChI is InChI=1S/C25H32N2O5S/c1-18(2)14-21(24(29)31-3)26-23(28)22(17-33-16-20-12-8-5-9-13-20)27-25(30)32-15-19-10-6-4-7-11-19/h4-13,18,21-22H,14-17H2,1-3H3,(H,26,28)(H,27,30)/t21-,22-/m0/s1. The van der Waals surface area contributed by atoms with Crippen molar-refractivity contribution in [3.8, 4) is 0 Å². The van der Waals surface area contributed by atoms with Crippen molar-refractivity contribution in [3.63, 3.8) is 0 Å². The number of alkyl carbamates (subject to hydrolysis) is 1. The maximum Gasteiger partial charge on any atom is 0.408 e. The SMILES string of the molecule is COC(=O)[C@H](CC(C)C)NC(=O)[C@H](CSCc1ccccc1)NC(=O)OCc1ccccc1. The Labute approximate surface area is 199 Å². The number of carbonyl (C=O) groups is 3. The zero-order chi connectivity index (χ0) is 24.1. The van der Waals surface area contributed by atoms with E-state index < -0.39 is 30.1 Å². The molecule has 0 aliphatic heterocycles. The van der Waals surface area contributed by atoms with Crippen molar-refractivity contribution >= 4 is 29.7 Å². The molecule has 0 radical (unpaired) electrons. The maximum absolute atomic E-state index is 13.0. The van der Waals surface area contributed by atoms with Crippen LogP contribution in [0.3, 0.4) is 0 Å². The fraction of sp³-hybridized carbons (Fsp3) is 0.400. The van der Waals surface area contributed by atoms with Gasteiger partial charge < -0.3 is 20.1 Å². The van der Waals surface area contributed by atoms with Crippen LogP contribution in [-0.4, -0.2) is 42.9 Å². The molecule has 0 saturated heterocycles. The number of carbonyl (C=O) groups excluding carboxylic acids is 3. The molecule has 2 amide bonds. The van der Waals surface area contributed by atoms with Gasteiger partial charge in [-0.3, -0.25) is 4.79 Å². The van der Waals surface area contributed by atoms with Crippen LogP contribution in [0.1, 0.15) is 31.4 Å². The average molecular weight is 473 g/mol. The summed E-state index contributed by atoms with van der Waals surface area (Å²) in [6.45, 7) is 4.00. The van der Waals surface area contributed by atoms with Gasteiger partial charge in [0.15, 0.2) is 0 Å². The molecule has 0 spiro atoms. The van der Waals surface area contributed by atoms with E-state index in [1.165, 1.54) is 18.9 Å². The van der Waals surface area contributed by atoms with Crippen LogP contribution in [-0.2, 0) is 31.4 Å². The van der Waals surface area contributed by atoms with Crippen LogP contribution in [0.4, 0.5) is 4.79 Å². The summed E-state index contributed by atoms with van der Waals surface area (Å²) in [5, 5.41) is 5.37. The number of hydrogen-bond acceptors (Lipinski definition) is 6. The summed E-state index contributed by atoms with van der Waals surface area (Å²) in [6.07, 6.45) is -0.265. The zero-order valence-corrected chi connectivity index (χ0v) is 20.1. The third-order valence-electron chi connectivity index (χ3n) is 4.73. The van der Waals surface area contributed by atoms with Gasteiger partial charge in [-0.05, 0) is 23.5 Å². The van der Waals surface area contributed by atoms with Gasteiger partial charge in [0.25, 0.3) is 0 Å². The predicted molar refractivity (Wildman–Crippen MR) is 130 cm³/mol. The summed E-state index contributed by atoms with van der Waals surface area (Å²) in [4.78, 5) is 37.5. The molecule has 7 nitrogen and oxygen atoms in total. The van der Waals surface area contributed by atoms with Crippen molar-refractivity contribution in [1.82, 2.24) is 10.6 Å². The molecule has 2 aromatic carbocycles. The lowest BCUT2D eigenvalue weighted by molar-refractivity contribution is -0.145. The monoisotopic (exact) mass is 472 g/mol. The van der Waals surface area contributed by atoms with Crippen LogP contribution in [0.5, 0.6) is 0 Å². The minimum absolute atomic E-state index is 0.0936. The molecular formula is C25H32N2O5S. The minimum atomic E-state index is -0.874. The van der Waals surface area contributed by atoms with Crippen molar-refractivity contribution < 1.29 is 23.9 Å². The van der Waals surface area contributed by atoms with E-state index in [2.05, 4.69) is 10.6 Å². The summed E-state index contributed by atoms with van der Waals surface area (Å²) in [5.41, 5.74) is 1.95. The summed E-state index contributed by atoms with van der Waals surface area (Å²) in [7, 11) is 1.29. The largest absolute Gasteiger partial charge is 0.467 e. The molecule has 2 atom stereocenters. The smallest absolute Gasteiger partial charge is 0.408 e. The second-order valence-electron chi connectivity index (χ2n) is 7.97. The molecule has 8 heteroatoms. The number of nitrogens with one attached hydrogen (secondary N) is 2. The van der Waals surface area contributed by atoms with E-state index in [0.29, 0.717) is 17.9 Å². The van der Waals surface area contributed by atoms with Gasteiger partial charge in [-0.25, -0.2) is 9.59 Å². The van der Waals surface area contributed by atoms with Crippen molar-refractivity contribution in [2.45, 2.75) is 44.7 Å². The second kappa shape index (κ2) is 14.2. The van der Waals surface area contributed by atoms with Gasteiger partial charge in [-0.15, -0.1) is 0 Å². The third-order valence-corrected chi connectivity index (χ3v) is 5.83. The van der Waals surface area contributed by atoms with Crippen LogP contribution in [0, 0.1) is 5.92 Å². The highest BCUT2D eigenvalue weighted by Crippen LogP contribution is 2.14. The molecule has 178 valence electrons. The van der Waals surface area contributed by atoms with Gasteiger partial charge in [-0.2, -0.15) is 11.8 Å². The molecular weight excluding hydrogens is 440 g/mol. The summed E-state index contributed by atoms with van der Waals surface area (Å²) >= 11 is 1.51. The molecule has 33 heavy (non-hydrogen) atoms. The van der Waals surface area contributed by atoms with Crippen LogP contribution < -0.4 is 10.6 Å². The zero-order valence-electron chi connectivity index (χ0n) is 19.3. The Hall–Kier alpha value is -3.00. The number of ether oxygens (including phenoxy) is 2. The quantitative estimate of drug-likeness (QED) is 0.455. The van der Waals surface area contributed by atoms with Gasteiger partial charge in [0.05, 0.1) is 7.11 Å². The maximum atomic E-state index is 13.0.